The molecule has 2 heterocycles. The van der Waals surface area contributed by atoms with Crippen LogP contribution in [0.4, 0.5) is 0 Å². The van der Waals surface area contributed by atoms with Crippen LogP contribution < -0.4 is 10.7 Å². The van der Waals surface area contributed by atoms with E-state index in [0.29, 0.717) is 24.2 Å². The van der Waals surface area contributed by atoms with Gasteiger partial charge in [0.05, 0.1) is 24.6 Å². The lowest BCUT2D eigenvalue weighted by molar-refractivity contribution is 0.00878. The first-order valence-electron chi connectivity index (χ1n) is 9.84. The minimum absolute atomic E-state index is 0.00349. The number of fused-ring (bicyclic) bond motifs is 1. The molecule has 0 saturated carbocycles. The number of nitrogens with one attached hydrogen (secondary N) is 1. The maximum atomic E-state index is 12.9. The smallest absolute Gasteiger partial charge is 0.287 e. The van der Waals surface area contributed by atoms with Gasteiger partial charge in [0.2, 0.25) is 0 Å². The van der Waals surface area contributed by atoms with Crippen molar-refractivity contribution in [2.24, 2.45) is 0 Å². The minimum Gasteiger partial charge on any atom is -0.451 e. The SMILES string of the molecule is C[C@@H](NC(=O)c1cc(=O)c2ccccc2o1)[C@@H](c1ccccc1)N1CCOCC1. The van der Waals surface area contributed by atoms with E-state index >= 15 is 0 Å². The van der Waals surface area contributed by atoms with Crippen molar-refractivity contribution in [3.63, 3.8) is 0 Å². The van der Waals surface area contributed by atoms with E-state index in [4.69, 9.17) is 9.15 Å². The number of morpholine rings is 1. The molecule has 6 heteroatoms. The summed E-state index contributed by atoms with van der Waals surface area (Å²) in [6.07, 6.45) is 0. The molecule has 29 heavy (non-hydrogen) atoms. The van der Waals surface area contributed by atoms with E-state index in [9.17, 15) is 9.59 Å². The molecular weight excluding hydrogens is 368 g/mol. The van der Waals surface area contributed by atoms with Crippen molar-refractivity contribution in [1.29, 1.82) is 0 Å². The van der Waals surface area contributed by atoms with Gasteiger partial charge in [-0.05, 0) is 24.6 Å². The minimum atomic E-state index is -0.394. The zero-order valence-corrected chi connectivity index (χ0v) is 16.3. The van der Waals surface area contributed by atoms with Crippen LogP contribution in [0.3, 0.4) is 0 Å². The molecule has 1 fully saturated rings. The number of amides is 1. The third-order valence-electron chi connectivity index (χ3n) is 5.27. The van der Waals surface area contributed by atoms with Crippen molar-refractivity contribution in [2.45, 2.75) is 19.0 Å². The summed E-state index contributed by atoms with van der Waals surface area (Å²) < 4.78 is 11.2. The highest BCUT2D eigenvalue weighted by Crippen LogP contribution is 2.25. The van der Waals surface area contributed by atoms with Gasteiger partial charge in [-0.2, -0.15) is 0 Å². The summed E-state index contributed by atoms with van der Waals surface area (Å²) in [5, 5.41) is 3.50. The fourth-order valence-electron chi connectivity index (χ4n) is 3.89. The van der Waals surface area contributed by atoms with E-state index < -0.39 is 5.91 Å². The van der Waals surface area contributed by atoms with Crippen molar-refractivity contribution in [3.8, 4) is 0 Å². The number of nitrogens with zero attached hydrogens (tertiary/aromatic N) is 1. The van der Waals surface area contributed by atoms with Crippen LogP contribution >= 0.6 is 0 Å². The molecule has 1 aliphatic heterocycles. The van der Waals surface area contributed by atoms with Gasteiger partial charge in [-0.25, -0.2) is 0 Å². The van der Waals surface area contributed by atoms with Crippen LogP contribution in [0, 0.1) is 0 Å². The fraction of sp³-hybridized carbons (Fsp3) is 0.304. The zero-order chi connectivity index (χ0) is 20.2. The monoisotopic (exact) mass is 392 g/mol. The Morgan fingerprint density at radius 2 is 1.72 bits per heavy atom. The lowest BCUT2D eigenvalue weighted by Crippen LogP contribution is -2.48. The Balaban J connectivity index is 1.59. The topological polar surface area (TPSA) is 71.8 Å². The van der Waals surface area contributed by atoms with Gasteiger partial charge < -0.3 is 14.5 Å². The van der Waals surface area contributed by atoms with Gasteiger partial charge in [-0.3, -0.25) is 14.5 Å². The quantitative estimate of drug-likeness (QED) is 0.723. The first kappa shape index (κ1) is 19.4. The molecule has 1 N–H and O–H groups in total. The second-order valence-corrected chi connectivity index (χ2v) is 7.24. The molecule has 2 aromatic carbocycles. The summed E-state index contributed by atoms with van der Waals surface area (Å²) in [6.45, 7) is 4.91. The van der Waals surface area contributed by atoms with Crippen molar-refractivity contribution < 1.29 is 13.9 Å². The van der Waals surface area contributed by atoms with Crippen LogP contribution in [0.5, 0.6) is 0 Å². The number of hydrogen-bond acceptors (Lipinski definition) is 5. The van der Waals surface area contributed by atoms with E-state index in [1.165, 1.54) is 6.07 Å². The molecule has 1 aliphatic rings. The Morgan fingerprint density at radius 3 is 2.48 bits per heavy atom. The number of carbonyl (C=O) groups excluding carboxylic acids is 1. The third kappa shape index (κ3) is 4.23. The zero-order valence-electron chi connectivity index (χ0n) is 16.3. The van der Waals surface area contributed by atoms with Crippen LogP contribution in [0.1, 0.15) is 29.1 Å². The van der Waals surface area contributed by atoms with Crippen LogP contribution in [0.15, 0.2) is 69.9 Å². The number of benzene rings is 2. The molecule has 0 aliphatic carbocycles. The van der Waals surface area contributed by atoms with Gasteiger partial charge in [-0.15, -0.1) is 0 Å². The van der Waals surface area contributed by atoms with E-state index in [1.807, 2.05) is 25.1 Å². The first-order chi connectivity index (χ1) is 14.1. The van der Waals surface area contributed by atoms with E-state index in [2.05, 4.69) is 22.3 Å². The van der Waals surface area contributed by atoms with Crippen LogP contribution in [-0.4, -0.2) is 43.2 Å². The van der Waals surface area contributed by atoms with Gasteiger partial charge >= 0.3 is 0 Å². The van der Waals surface area contributed by atoms with E-state index in [-0.39, 0.29) is 23.3 Å². The Bertz CT molecular complexity index is 1040. The molecule has 2 atom stereocenters. The lowest BCUT2D eigenvalue weighted by Gasteiger charge is -2.38. The molecule has 0 bridgehead atoms. The molecule has 0 unspecified atom stereocenters. The van der Waals surface area contributed by atoms with E-state index in [0.717, 1.165) is 18.7 Å². The maximum absolute atomic E-state index is 12.9. The normalized spacial score (nSPS) is 17.0. The average Bonchev–Trinajstić information content (AvgIpc) is 2.75. The van der Waals surface area contributed by atoms with Crippen molar-refractivity contribution in [3.05, 3.63) is 82.2 Å². The van der Waals surface area contributed by atoms with Gasteiger partial charge in [-0.1, -0.05) is 42.5 Å². The van der Waals surface area contributed by atoms with Crippen molar-refractivity contribution in [1.82, 2.24) is 10.2 Å². The third-order valence-corrected chi connectivity index (χ3v) is 5.27. The summed E-state index contributed by atoms with van der Waals surface area (Å²) in [5.41, 5.74) is 1.31. The first-order valence-corrected chi connectivity index (χ1v) is 9.84. The van der Waals surface area contributed by atoms with Gasteiger partial charge in [0.1, 0.15) is 5.58 Å². The predicted octanol–water partition coefficient (Wildman–Crippen LogP) is 2.98. The fourth-order valence-corrected chi connectivity index (χ4v) is 3.89. The van der Waals surface area contributed by atoms with Gasteiger partial charge in [0.15, 0.2) is 11.2 Å². The van der Waals surface area contributed by atoms with Crippen LogP contribution in [-0.2, 0) is 4.74 Å². The second-order valence-electron chi connectivity index (χ2n) is 7.24. The Hall–Kier alpha value is -2.96. The molecule has 1 saturated heterocycles. The predicted molar refractivity (Wildman–Crippen MR) is 111 cm³/mol. The van der Waals surface area contributed by atoms with Crippen LogP contribution in [0.2, 0.25) is 0 Å². The lowest BCUT2D eigenvalue weighted by atomic mass is 9.98. The standard InChI is InChI=1S/C23H24N2O4/c1-16(22(17-7-3-2-4-8-17)25-11-13-28-14-12-25)24-23(27)21-15-19(26)18-9-5-6-10-20(18)29-21/h2-10,15-16,22H,11-14H2,1H3,(H,24,27)/t16-,22+/m1/s1. The Morgan fingerprint density at radius 1 is 1.03 bits per heavy atom. The highest BCUT2D eigenvalue weighted by Gasteiger charge is 2.29. The van der Waals surface area contributed by atoms with Crippen molar-refractivity contribution >= 4 is 16.9 Å². The number of rotatable bonds is 5. The molecule has 0 spiro atoms. The second kappa shape index (κ2) is 8.59. The Kier molecular flexibility index (Phi) is 5.74. The summed E-state index contributed by atoms with van der Waals surface area (Å²) in [6, 6.07) is 18.1. The number of hydrogen-bond donors (Lipinski definition) is 1. The van der Waals surface area contributed by atoms with Gasteiger partial charge in [0, 0.05) is 25.2 Å². The maximum Gasteiger partial charge on any atom is 0.287 e. The Labute approximate surface area is 169 Å². The molecule has 1 aromatic heterocycles. The molecule has 3 aromatic rings. The molecule has 0 radical (unpaired) electrons. The number of carbonyl (C=O) groups is 1. The molecular formula is C23H24N2O4. The van der Waals surface area contributed by atoms with Crippen molar-refractivity contribution in [2.75, 3.05) is 26.3 Å². The highest BCUT2D eigenvalue weighted by molar-refractivity contribution is 5.93. The largest absolute Gasteiger partial charge is 0.451 e. The molecule has 4 rings (SSSR count). The number of para-hydroxylation sites is 1. The summed E-state index contributed by atoms with van der Waals surface area (Å²) in [5.74, 6) is -0.371. The number of ether oxygens (including phenoxy) is 1. The van der Waals surface area contributed by atoms with Gasteiger partial charge in [0.25, 0.3) is 5.91 Å². The highest BCUT2D eigenvalue weighted by atomic mass is 16.5. The summed E-state index contributed by atoms with van der Waals surface area (Å²) >= 11 is 0. The van der Waals surface area contributed by atoms with Crippen LogP contribution in [0.25, 0.3) is 11.0 Å². The molecule has 150 valence electrons. The summed E-state index contributed by atoms with van der Waals surface area (Å²) in [4.78, 5) is 27.5. The molecule has 1 amide bonds. The summed E-state index contributed by atoms with van der Waals surface area (Å²) in [7, 11) is 0. The average molecular weight is 392 g/mol. The molecule has 6 nitrogen and oxygen atoms in total. The van der Waals surface area contributed by atoms with E-state index in [1.54, 1.807) is 24.3 Å².